The first-order chi connectivity index (χ1) is 9.84. The SMILES string of the molecule is [Li][c]1cccc(-c2ccccc2)c1OC1CCCCO1. The van der Waals surface area contributed by atoms with Gasteiger partial charge in [0.05, 0.1) is 0 Å². The molecule has 0 spiro atoms. The van der Waals surface area contributed by atoms with Crippen LogP contribution in [0.4, 0.5) is 0 Å². The molecule has 0 aliphatic carbocycles. The Bertz CT molecular complexity index is 562. The van der Waals surface area contributed by atoms with Crippen LogP contribution >= 0.6 is 0 Å². The van der Waals surface area contributed by atoms with E-state index >= 15 is 0 Å². The normalized spacial score (nSPS) is 18.8. The molecule has 0 radical (unpaired) electrons. The summed E-state index contributed by atoms with van der Waals surface area (Å²) >= 11 is 2.09. The molecule has 1 aliphatic rings. The number of hydrogen-bond acceptors (Lipinski definition) is 2. The fourth-order valence-electron chi connectivity index (χ4n) is 2.59. The summed E-state index contributed by atoms with van der Waals surface area (Å²) in [6.45, 7) is 0.803. The third-order valence-electron chi connectivity index (χ3n) is 3.68. The van der Waals surface area contributed by atoms with Crippen LogP contribution < -0.4 is 8.97 Å². The van der Waals surface area contributed by atoms with Crippen LogP contribution in [0.5, 0.6) is 5.75 Å². The van der Waals surface area contributed by atoms with Gasteiger partial charge in [0.1, 0.15) is 0 Å². The molecule has 0 amide bonds. The van der Waals surface area contributed by atoms with E-state index in [0.717, 1.165) is 35.0 Å². The number of para-hydroxylation sites is 1. The zero-order valence-corrected chi connectivity index (χ0v) is 11.8. The Kier molecular flexibility index (Phi) is 4.47. The van der Waals surface area contributed by atoms with E-state index in [1.807, 2.05) is 6.07 Å². The molecule has 1 heterocycles. The number of benzene rings is 2. The van der Waals surface area contributed by atoms with Gasteiger partial charge in [0.25, 0.3) is 0 Å². The standard InChI is InChI=1S/C17H17O2.Li/c1-2-8-14(9-3-1)15-10-4-5-11-16(15)19-17-12-6-7-13-18-17;/h1-5,8-10,17H,6-7,12-13H2;. The second-order valence-electron chi connectivity index (χ2n) is 5.23. The number of ether oxygens (including phenoxy) is 2. The van der Waals surface area contributed by atoms with Crippen molar-refractivity contribution in [1.29, 1.82) is 0 Å². The molecule has 0 saturated carbocycles. The Labute approximate surface area is 129 Å². The average molecular weight is 260 g/mol. The van der Waals surface area contributed by atoms with Gasteiger partial charge in [-0.25, -0.2) is 0 Å². The molecule has 0 N–H and O–H groups in total. The van der Waals surface area contributed by atoms with Gasteiger partial charge in [0, 0.05) is 0 Å². The first-order valence-corrected chi connectivity index (χ1v) is 7.28. The third-order valence-corrected chi connectivity index (χ3v) is 3.68. The van der Waals surface area contributed by atoms with Gasteiger partial charge in [-0.2, -0.15) is 0 Å². The predicted molar refractivity (Wildman–Crippen MR) is 81.5 cm³/mol. The van der Waals surface area contributed by atoms with Crippen molar-refractivity contribution in [2.24, 2.45) is 0 Å². The molecule has 2 aromatic carbocycles. The van der Waals surface area contributed by atoms with Crippen molar-refractivity contribution in [3.05, 3.63) is 48.5 Å². The summed E-state index contributed by atoms with van der Waals surface area (Å²) < 4.78 is 13.0. The summed E-state index contributed by atoms with van der Waals surface area (Å²) in [5.41, 5.74) is 2.32. The van der Waals surface area contributed by atoms with Crippen LogP contribution in [-0.2, 0) is 4.74 Å². The minimum absolute atomic E-state index is 0.104. The Balaban J connectivity index is 1.92. The van der Waals surface area contributed by atoms with Gasteiger partial charge < -0.3 is 0 Å². The Morgan fingerprint density at radius 3 is 2.60 bits per heavy atom. The molecule has 1 aliphatic heterocycles. The molecular weight excluding hydrogens is 243 g/mol. The van der Waals surface area contributed by atoms with Gasteiger partial charge in [0.15, 0.2) is 0 Å². The summed E-state index contributed by atoms with van der Waals surface area (Å²) in [5.74, 6) is 0.950. The van der Waals surface area contributed by atoms with E-state index in [0.29, 0.717) is 0 Å². The van der Waals surface area contributed by atoms with Gasteiger partial charge in [-0.05, 0) is 0 Å². The third kappa shape index (κ3) is 3.10. The molecule has 20 heavy (non-hydrogen) atoms. The summed E-state index contributed by atoms with van der Waals surface area (Å²) in [7, 11) is 0. The second kappa shape index (κ2) is 6.50. The monoisotopic (exact) mass is 260 g/mol. The van der Waals surface area contributed by atoms with Crippen molar-refractivity contribution in [3.63, 3.8) is 0 Å². The molecule has 1 fully saturated rings. The fraction of sp³-hybridized carbons (Fsp3) is 0.294. The quantitative estimate of drug-likeness (QED) is 0.790. The van der Waals surface area contributed by atoms with Crippen LogP contribution in [0.3, 0.4) is 0 Å². The van der Waals surface area contributed by atoms with Gasteiger partial charge in [-0.15, -0.1) is 0 Å². The molecule has 98 valence electrons. The van der Waals surface area contributed by atoms with Crippen LogP contribution in [0.1, 0.15) is 19.3 Å². The fourth-order valence-corrected chi connectivity index (χ4v) is 2.59. The molecule has 1 atom stereocenters. The van der Waals surface area contributed by atoms with Crippen LogP contribution in [0.25, 0.3) is 11.1 Å². The average Bonchev–Trinajstić information content (AvgIpc) is 2.51. The van der Waals surface area contributed by atoms with Gasteiger partial charge in [-0.3, -0.25) is 0 Å². The van der Waals surface area contributed by atoms with Crippen molar-refractivity contribution in [2.45, 2.75) is 25.6 Å². The van der Waals surface area contributed by atoms with Gasteiger partial charge in [-0.1, -0.05) is 0 Å². The zero-order valence-electron chi connectivity index (χ0n) is 11.8. The minimum atomic E-state index is -0.104. The van der Waals surface area contributed by atoms with E-state index < -0.39 is 0 Å². The van der Waals surface area contributed by atoms with Crippen molar-refractivity contribution in [2.75, 3.05) is 6.61 Å². The molecule has 1 unspecified atom stereocenters. The van der Waals surface area contributed by atoms with E-state index in [4.69, 9.17) is 9.47 Å². The van der Waals surface area contributed by atoms with Crippen molar-refractivity contribution in [3.8, 4) is 16.9 Å². The van der Waals surface area contributed by atoms with E-state index in [9.17, 15) is 0 Å². The Morgan fingerprint density at radius 2 is 1.85 bits per heavy atom. The summed E-state index contributed by atoms with van der Waals surface area (Å²) in [4.78, 5) is 0. The van der Waals surface area contributed by atoms with E-state index in [2.05, 4.69) is 60.2 Å². The Hall–Kier alpha value is -1.20. The van der Waals surface area contributed by atoms with Crippen molar-refractivity contribution >= 4 is 22.0 Å². The number of rotatable bonds is 3. The Morgan fingerprint density at radius 1 is 1.00 bits per heavy atom. The first-order valence-electron chi connectivity index (χ1n) is 7.28. The maximum absolute atomic E-state index is 6.15. The van der Waals surface area contributed by atoms with Crippen LogP contribution in [0.2, 0.25) is 0 Å². The first kappa shape index (κ1) is 13.8. The second-order valence-corrected chi connectivity index (χ2v) is 5.23. The van der Waals surface area contributed by atoms with Gasteiger partial charge in [0.2, 0.25) is 0 Å². The van der Waals surface area contributed by atoms with E-state index in [1.165, 1.54) is 12.0 Å². The van der Waals surface area contributed by atoms with Crippen LogP contribution in [0, 0.1) is 0 Å². The topological polar surface area (TPSA) is 18.5 Å². The molecule has 3 heteroatoms. The van der Waals surface area contributed by atoms with Crippen LogP contribution in [-0.4, -0.2) is 30.6 Å². The zero-order chi connectivity index (χ0) is 13.8. The molecule has 2 nitrogen and oxygen atoms in total. The molecular formula is C17H17LiO2. The van der Waals surface area contributed by atoms with Crippen molar-refractivity contribution < 1.29 is 9.47 Å². The van der Waals surface area contributed by atoms with Crippen LogP contribution in [0.15, 0.2) is 48.5 Å². The molecule has 1 saturated heterocycles. The maximum atomic E-state index is 6.15. The van der Waals surface area contributed by atoms with E-state index in [1.54, 1.807) is 0 Å². The van der Waals surface area contributed by atoms with E-state index in [-0.39, 0.29) is 6.29 Å². The molecule has 3 rings (SSSR count). The molecule has 0 bridgehead atoms. The van der Waals surface area contributed by atoms with Gasteiger partial charge >= 0.3 is 129 Å². The van der Waals surface area contributed by atoms with Crippen molar-refractivity contribution in [1.82, 2.24) is 0 Å². The molecule has 2 aromatic rings. The predicted octanol–water partition coefficient (Wildman–Crippen LogP) is 3.05. The summed E-state index contributed by atoms with van der Waals surface area (Å²) in [6, 6.07) is 16.6. The molecule has 0 aromatic heterocycles. The number of hydrogen-bond donors (Lipinski definition) is 0. The summed E-state index contributed by atoms with van der Waals surface area (Å²) in [6.07, 6.45) is 3.19. The summed E-state index contributed by atoms with van der Waals surface area (Å²) in [5, 5.41) is 0.